The number of aryl methyl sites for hydroxylation is 1. The number of carbonyl (C=O) groups excluding carboxylic acids is 1. The van der Waals surface area contributed by atoms with E-state index in [-0.39, 0.29) is 18.0 Å². The summed E-state index contributed by atoms with van der Waals surface area (Å²) in [5.74, 6) is 3.08. The molecule has 1 N–H and O–H groups in total. The third kappa shape index (κ3) is 3.20. The molecule has 25 heavy (non-hydrogen) atoms. The van der Waals surface area contributed by atoms with Crippen molar-refractivity contribution in [3.63, 3.8) is 0 Å². The van der Waals surface area contributed by atoms with Crippen LogP contribution in [0.4, 0.5) is 0 Å². The second kappa shape index (κ2) is 6.62. The van der Waals surface area contributed by atoms with Crippen LogP contribution in [0.1, 0.15) is 37.9 Å². The van der Waals surface area contributed by atoms with E-state index in [1.165, 1.54) is 30.3 Å². The van der Waals surface area contributed by atoms with Gasteiger partial charge in [0.15, 0.2) is 0 Å². The van der Waals surface area contributed by atoms with Gasteiger partial charge in [-0.3, -0.25) is 14.2 Å². The van der Waals surface area contributed by atoms with Gasteiger partial charge >= 0.3 is 0 Å². The average molecular weight is 339 g/mol. The monoisotopic (exact) mass is 339 g/mol. The van der Waals surface area contributed by atoms with Crippen LogP contribution in [0.15, 0.2) is 29.1 Å². The van der Waals surface area contributed by atoms with Crippen molar-refractivity contribution in [1.82, 2.24) is 14.9 Å². The van der Waals surface area contributed by atoms with E-state index in [4.69, 9.17) is 0 Å². The van der Waals surface area contributed by atoms with Crippen molar-refractivity contribution in [2.24, 2.45) is 17.8 Å². The van der Waals surface area contributed by atoms with Crippen LogP contribution >= 0.6 is 0 Å². The van der Waals surface area contributed by atoms with E-state index < -0.39 is 0 Å². The van der Waals surface area contributed by atoms with Crippen LogP contribution in [0, 0.1) is 24.7 Å². The maximum atomic E-state index is 12.6. The van der Waals surface area contributed by atoms with E-state index in [9.17, 15) is 9.59 Å². The Morgan fingerprint density at radius 2 is 2.12 bits per heavy atom. The van der Waals surface area contributed by atoms with Gasteiger partial charge in [-0.05, 0) is 62.5 Å². The first-order valence-electron chi connectivity index (χ1n) is 9.34. The van der Waals surface area contributed by atoms with Crippen molar-refractivity contribution in [1.29, 1.82) is 0 Å². The molecule has 1 heterocycles. The first-order valence-corrected chi connectivity index (χ1v) is 9.34. The molecule has 132 valence electrons. The van der Waals surface area contributed by atoms with Crippen molar-refractivity contribution in [2.75, 3.05) is 6.54 Å². The van der Waals surface area contributed by atoms with Gasteiger partial charge in [-0.2, -0.15) is 0 Å². The molecule has 0 radical (unpaired) electrons. The maximum Gasteiger partial charge on any atom is 0.261 e. The SMILES string of the molecule is Cc1nc2ccccc2c(=O)n1CC(=O)NCC[C@H]1C[C@H]2CC[C@H]1C2. The average Bonchev–Trinajstić information content (AvgIpc) is 3.22. The largest absolute Gasteiger partial charge is 0.355 e. The minimum Gasteiger partial charge on any atom is -0.355 e. The number of carbonyl (C=O) groups is 1. The molecular weight excluding hydrogens is 314 g/mol. The molecular formula is C20H25N3O2. The van der Waals surface area contributed by atoms with Crippen LogP contribution in [-0.2, 0) is 11.3 Å². The molecule has 2 saturated carbocycles. The summed E-state index contributed by atoms with van der Waals surface area (Å²) in [4.78, 5) is 29.3. The van der Waals surface area contributed by atoms with E-state index >= 15 is 0 Å². The standard InChI is InChI=1S/C20H25N3O2/c1-13-22-18-5-3-2-4-17(18)20(25)23(13)12-19(24)21-9-8-16-11-14-6-7-15(16)10-14/h2-5,14-16H,6-12H2,1H3,(H,21,24)/t14-,15-,16-/m0/s1. The molecule has 2 bridgehead atoms. The highest BCUT2D eigenvalue weighted by Crippen LogP contribution is 2.49. The van der Waals surface area contributed by atoms with Gasteiger partial charge in [0.1, 0.15) is 12.4 Å². The van der Waals surface area contributed by atoms with Gasteiger partial charge in [-0.25, -0.2) is 4.98 Å². The molecule has 0 aliphatic heterocycles. The van der Waals surface area contributed by atoms with Crippen LogP contribution in [0.2, 0.25) is 0 Å². The normalized spacial score (nSPS) is 24.8. The van der Waals surface area contributed by atoms with Crippen LogP contribution in [0.3, 0.4) is 0 Å². The quantitative estimate of drug-likeness (QED) is 0.911. The fraction of sp³-hybridized carbons (Fsp3) is 0.550. The summed E-state index contributed by atoms with van der Waals surface area (Å²) in [5, 5.41) is 3.55. The molecule has 1 aromatic carbocycles. The van der Waals surface area contributed by atoms with Crippen molar-refractivity contribution in [3.05, 3.63) is 40.4 Å². The summed E-state index contributed by atoms with van der Waals surface area (Å²) in [6.07, 6.45) is 6.59. The van der Waals surface area contributed by atoms with Gasteiger partial charge in [-0.1, -0.05) is 18.6 Å². The predicted octanol–water partition coefficient (Wildman–Crippen LogP) is 2.65. The highest BCUT2D eigenvalue weighted by atomic mass is 16.2. The zero-order valence-electron chi connectivity index (χ0n) is 14.7. The van der Waals surface area contributed by atoms with Crippen LogP contribution < -0.4 is 10.9 Å². The number of hydrogen-bond acceptors (Lipinski definition) is 3. The Morgan fingerprint density at radius 3 is 2.88 bits per heavy atom. The van der Waals surface area contributed by atoms with Crippen molar-refractivity contribution in [3.8, 4) is 0 Å². The molecule has 2 fully saturated rings. The fourth-order valence-corrected chi connectivity index (χ4v) is 4.79. The van der Waals surface area contributed by atoms with Crippen LogP contribution in [0.5, 0.6) is 0 Å². The number of aromatic nitrogens is 2. The van der Waals surface area contributed by atoms with E-state index in [2.05, 4.69) is 10.3 Å². The lowest BCUT2D eigenvalue weighted by Crippen LogP contribution is -2.35. The lowest BCUT2D eigenvalue weighted by molar-refractivity contribution is -0.121. The summed E-state index contributed by atoms with van der Waals surface area (Å²) in [6.45, 7) is 2.52. The Labute approximate surface area is 147 Å². The number of hydrogen-bond donors (Lipinski definition) is 1. The predicted molar refractivity (Wildman–Crippen MR) is 97.3 cm³/mol. The second-order valence-corrected chi connectivity index (χ2v) is 7.64. The Bertz CT molecular complexity index is 858. The second-order valence-electron chi connectivity index (χ2n) is 7.64. The number of fused-ring (bicyclic) bond motifs is 3. The Kier molecular flexibility index (Phi) is 4.32. The minimum atomic E-state index is -0.147. The van der Waals surface area contributed by atoms with Crippen LogP contribution in [-0.4, -0.2) is 22.0 Å². The molecule has 5 nitrogen and oxygen atoms in total. The van der Waals surface area contributed by atoms with E-state index in [1.807, 2.05) is 18.2 Å². The lowest BCUT2D eigenvalue weighted by Gasteiger charge is -2.21. The number of nitrogens with zero attached hydrogens (tertiary/aromatic N) is 2. The van der Waals surface area contributed by atoms with E-state index in [1.54, 1.807) is 13.0 Å². The zero-order valence-corrected chi connectivity index (χ0v) is 14.7. The van der Waals surface area contributed by atoms with Crippen molar-refractivity contribution < 1.29 is 4.79 Å². The Morgan fingerprint density at radius 1 is 1.28 bits per heavy atom. The number of nitrogens with one attached hydrogen (secondary N) is 1. The summed E-state index contributed by atoms with van der Waals surface area (Å²) in [7, 11) is 0. The third-order valence-corrected chi connectivity index (χ3v) is 6.08. The summed E-state index contributed by atoms with van der Waals surface area (Å²) >= 11 is 0. The highest BCUT2D eigenvalue weighted by Gasteiger charge is 2.38. The van der Waals surface area contributed by atoms with Gasteiger partial charge in [0, 0.05) is 6.54 Å². The third-order valence-electron chi connectivity index (χ3n) is 6.08. The molecule has 0 unspecified atom stereocenters. The maximum absolute atomic E-state index is 12.6. The molecule has 0 spiro atoms. The molecule has 5 heteroatoms. The van der Waals surface area contributed by atoms with Gasteiger partial charge in [0.05, 0.1) is 10.9 Å². The number of benzene rings is 1. The van der Waals surface area contributed by atoms with Crippen molar-refractivity contribution >= 4 is 16.8 Å². The molecule has 3 atom stereocenters. The summed E-state index contributed by atoms with van der Waals surface area (Å²) < 4.78 is 1.47. The van der Waals surface area contributed by atoms with Gasteiger partial charge in [-0.15, -0.1) is 0 Å². The van der Waals surface area contributed by atoms with Crippen molar-refractivity contribution in [2.45, 2.75) is 45.6 Å². The van der Waals surface area contributed by atoms with E-state index in [0.717, 1.165) is 24.2 Å². The lowest BCUT2D eigenvalue weighted by atomic mass is 9.86. The molecule has 2 aromatic rings. The number of amides is 1. The fourth-order valence-electron chi connectivity index (χ4n) is 4.79. The summed E-state index contributed by atoms with van der Waals surface area (Å²) in [5.41, 5.74) is 0.532. The molecule has 2 aliphatic carbocycles. The highest BCUT2D eigenvalue weighted by molar-refractivity contribution is 5.79. The molecule has 4 rings (SSSR count). The number of para-hydroxylation sites is 1. The molecule has 1 amide bonds. The number of rotatable bonds is 5. The van der Waals surface area contributed by atoms with Crippen LogP contribution in [0.25, 0.3) is 10.9 Å². The first kappa shape index (κ1) is 16.3. The smallest absolute Gasteiger partial charge is 0.261 e. The molecule has 0 saturated heterocycles. The Hall–Kier alpha value is -2.17. The Balaban J connectivity index is 1.37. The van der Waals surface area contributed by atoms with Gasteiger partial charge in [0.2, 0.25) is 5.91 Å². The molecule has 1 aromatic heterocycles. The van der Waals surface area contributed by atoms with Gasteiger partial charge in [0.25, 0.3) is 5.56 Å². The first-order chi connectivity index (χ1) is 12.1. The minimum absolute atomic E-state index is 0.0409. The summed E-state index contributed by atoms with van der Waals surface area (Å²) in [6, 6.07) is 7.26. The topological polar surface area (TPSA) is 64.0 Å². The zero-order chi connectivity index (χ0) is 17.4. The molecule has 2 aliphatic rings. The van der Waals surface area contributed by atoms with E-state index in [0.29, 0.717) is 23.3 Å². The van der Waals surface area contributed by atoms with Gasteiger partial charge < -0.3 is 5.32 Å².